The topological polar surface area (TPSA) is 70.0 Å². The van der Waals surface area contributed by atoms with E-state index < -0.39 is 23.3 Å². The molecule has 2 amide bonds. The Morgan fingerprint density at radius 3 is 2.33 bits per heavy atom. The van der Waals surface area contributed by atoms with Crippen LogP contribution < -0.4 is 4.90 Å². The Bertz CT molecular complexity index is 885. The van der Waals surface area contributed by atoms with Crippen LogP contribution in [0.1, 0.15) is 20.8 Å². The lowest BCUT2D eigenvalue weighted by atomic mass is 9.80. The maximum Gasteiger partial charge on any atom is 0.240 e. The molecule has 2 saturated heterocycles. The number of hydrogen-bond donors (Lipinski definition) is 0. The smallest absolute Gasteiger partial charge is 0.240 e. The van der Waals surface area contributed by atoms with Crippen molar-refractivity contribution in [2.75, 3.05) is 4.90 Å². The third-order valence-corrected chi connectivity index (χ3v) is 5.91. The summed E-state index contributed by atoms with van der Waals surface area (Å²) in [7, 11) is 0. The first-order valence-corrected chi connectivity index (χ1v) is 9.68. The lowest BCUT2D eigenvalue weighted by molar-refractivity contribution is -0.136. The lowest BCUT2D eigenvalue weighted by Crippen LogP contribution is -2.49. The number of anilines is 1. The number of amides is 2. The molecule has 1 aromatic rings. The van der Waals surface area contributed by atoms with Gasteiger partial charge in [0.25, 0.3) is 0 Å². The molecule has 0 aromatic heterocycles. The van der Waals surface area contributed by atoms with E-state index in [1.807, 2.05) is 26.8 Å². The van der Waals surface area contributed by atoms with Crippen molar-refractivity contribution >= 4 is 45.4 Å². The number of halogens is 1. The molecular formula is C20H20BrN3O3. The molecule has 6 nitrogen and oxygen atoms in total. The van der Waals surface area contributed by atoms with Crippen LogP contribution >= 0.6 is 15.9 Å². The van der Waals surface area contributed by atoms with Crippen LogP contribution in [0.3, 0.4) is 0 Å². The van der Waals surface area contributed by atoms with Crippen molar-refractivity contribution < 1.29 is 14.4 Å². The van der Waals surface area contributed by atoms with Crippen molar-refractivity contribution in [2.45, 2.75) is 32.9 Å². The maximum absolute atomic E-state index is 13.3. The highest BCUT2D eigenvalue weighted by Crippen LogP contribution is 2.47. The molecule has 3 aliphatic rings. The summed E-state index contributed by atoms with van der Waals surface area (Å²) in [5, 5.41) is 5.99. The first-order chi connectivity index (χ1) is 12.7. The molecule has 3 aliphatic heterocycles. The van der Waals surface area contributed by atoms with Crippen molar-refractivity contribution in [3.8, 4) is 0 Å². The largest absolute Gasteiger partial charge is 0.297 e. The van der Waals surface area contributed by atoms with Crippen molar-refractivity contribution in [3.05, 3.63) is 40.9 Å². The number of carbonyl (C=O) groups is 3. The highest BCUT2D eigenvalue weighted by atomic mass is 79.9. The predicted molar refractivity (Wildman–Crippen MR) is 105 cm³/mol. The summed E-state index contributed by atoms with van der Waals surface area (Å²) in [4.78, 5) is 40.9. The van der Waals surface area contributed by atoms with E-state index >= 15 is 0 Å². The van der Waals surface area contributed by atoms with Crippen molar-refractivity contribution in [2.24, 2.45) is 22.4 Å². The zero-order valence-corrected chi connectivity index (χ0v) is 16.9. The van der Waals surface area contributed by atoms with E-state index in [4.69, 9.17) is 0 Å². The summed E-state index contributed by atoms with van der Waals surface area (Å²) in [5.74, 6) is -2.00. The van der Waals surface area contributed by atoms with Crippen LogP contribution in [0.5, 0.6) is 0 Å². The van der Waals surface area contributed by atoms with E-state index in [1.165, 1.54) is 4.90 Å². The van der Waals surface area contributed by atoms with Gasteiger partial charge in [-0.25, -0.2) is 4.90 Å². The van der Waals surface area contributed by atoms with Gasteiger partial charge in [-0.3, -0.25) is 19.4 Å². The molecule has 4 unspecified atom stereocenters. The van der Waals surface area contributed by atoms with Gasteiger partial charge in [0.15, 0.2) is 5.78 Å². The number of imide groups is 1. The average molecular weight is 430 g/mol. The van der Waals surface area contributed by atoms with Gasteiger partial charge in [-0.15, -0.1) is 0 Å². The van der Waals surface area contributed by atoms with Gasteiger partial charge in [0, 0.05) is 16.1 Å². The summed E-state index contributed by atoms with van der Waals surface area (Å²) in [6.45, 7) is 5.48. The number of allylic oxidation sites excluding steroid dienone is 1. The molecule has 0 radical (unpaired) electrons. The Morgan fingerprint density at radius 2 is 1.70 bits per heavy atom. The fraction of sp³-hybridized carbons (Fsp3) is 0.400. The van der Waals surface area contributed by atoms with E-state index in [9.17, 15) is 14.4 Å². The molecule has 4 atom stereocenters. The van der Waals surface area contributed by atoms with Gasteiger partial charge in [0.1, 0.15) is 6.04 Å². The second-order valence-corrected chi connectivity index (χ2v) is 9.03. The van der Waals surface area contributed by atoms with Crippen LogP contribution in [0.2, 0.25) is 0 Å². The second kappa shape index (κ2) is 6.12. The number of carbonyl (C=O) groups excluding carboxylic acids is 3. The lowest BCUT2D eigenvalue weighted by Gasteiger charge is -2.33. The van der Waals surface area contributed by atoms with Crippen LogP contribution in [-0.4, -0.2) is 40.9 Å². The van der Waals surface area contributed by atoms with Gasteiger partial charge in [-0.1, -0.05) is 42.8 Å². The van der Waals surface area contributed by atoms with Crippen LogP contribution in [0.15, 0.2) is 46.0 Å². The van der Waals surface area contributed by atoms with E-state index in [0.717, 1.165) is 4.47 Å². The third-order valence-electron chi connectivity index (χ3n) is 5.38. The predicted octanol–water partition coefficient (Wildman–Crippen LogP) is 2.78. The molecule has 1 aromatic carbocycles. The molecule has 0 bridgehead atoms. The normalized spacial score (nSPS) is 29.3. The van der Waals surface area contributed by atoms with Gasteiger partial charge in [-0.05, 0) is 30.3 Å². The molecule has 0 saturated carbocycles. The van der Waals surface area contributed by atoms with Crippen molar-refractivity contribution in [3.63, 3.8) is 0 Å². The zero-order valence-electron chi connectivity index (χ0n) is 15.3. The number of hydrogen-bond acceptors (Lipinski definition) is 5. The van der Waals surface area contributed by atoms with Crippen molar-refractivity contribution in [1.82, 2.24) is 5.01 Å². The summed E-state index contributed by atoms with van der Waals surface area (Å²) in [6, 6.07) is 5.92. The van der Waals surface area contributed by atoms with Crippen LogP contribution in [0, 0.1) is 17.3 Å². The van der Waals surface area contributed by atoms with E-state index in [1.54, 1.807) is 41.6 Å². The van der Waals surface area contributed by atoms with Crippen LogP contribution in [0.25, 0.3) is 0 Å². The minimum absolute atomic E-state index is 0.0775. The average Bonchev–Trinajstić information content (AvgIpc) is 3.08. The highest BCUT2D eigenvalue weighted by molar-refractivity contribution is 9.10. The van der Waals surface area contributed by atoms with Gasteiger partial charge >= 0.3 is 0 Å². The Hall–Kier alpha value is -2.28. The first kappa shape index (κ1) is 18.1. The number of Topliss-reactive ketones (excluding diaryl/α,β-unsaturated/α-hetero) is 1. The third kappa shape index (κ3) is 2.67. The Morgan fingerprint density at radius 1 is 1.07 bits per heavy atom. The maximum atomic E-state index is 13.3. The monoisotopic (exact) mass is 429 g/mol. The molecule has 0 N–H and O–H groups in total. The molecular weight excluding hydrogens is 410 g/mol. The Balaban J connectivity index is 1.79. The van der Waals surface area contributed by atoms with Crippen LogP contribution in [0.4, 0.5) is 5.69 Å². The molecule has 4 rings (SSSR count). The van der Waals surface area contributed by atoms with Gasteiger partial charge < -0.3 is 0 Å². The fourth-order valence-corrected chi connectivity index (χ4v) is 4.39. The van der Waals surface area contributed by atoms with Crippen molar-refractivity contribution in [1.29, 1.82) is 0 Å². The Labute approximate surface area is 166 Å². The second-order valence-electron chi connectivity index (χ2n) is 8.12. The van der Waals surface area contributed by atoms with E-state index in [0.29, 0.717) is 5.69 Å². The van der Waals surface area contributed by atoms with Gasteiger partial charge in [0.2, 0.25) is 11.8 Å². The van der Waals surface area contributed by atoms with Crippen LogP contribution in [-0.2, 0) is 14.4 Å². The zero-order chi connectivity index (χ0) is 19.5. The minimum atomic E-state index is -0.738. The van der Waals surface area contributed by atoms with Gasteiger partial charge in [0.05, 0.1) is 23.6 Å². The number of fused-ring (bicyclic) bond motifs is 3. The molecule has 27 heavy (non-hydrogen) atoms. The molecule has 140 valence electrons. The quantitative estimate of drug-likeness (QED) is 0.677. The summed E-state index contributed by atoms with van der Waals surface area (Å²) >= 11 is 3.36. The summed E-state index contributed by atoms with van der Waals surface area (Å²) in [6.07, 6.45) is 5.22. The highest BCUT2D eigenvalue weighted by Gasteiger charge is 2.64. The summed E-state index contributed by atoms with van der Waals surface area (Å²) in [5.41, 5.74) is -0.116. The number of benzene rings is 1. The summed E-state index contributed by atoms with van der Waals surface area (Å²) < 4.78 is 0.863. The molecule has 7 heteroatoms. The molecule has 2 fully saturated rings. The SMILES string of the molecule is CC(C)(C)C(=O)C1C2C(=O)N(c3ccc(Br)cc3)C(=O)C2C2C=CC=NN21. The fourth-order valence-electron chi connectivity index (χ4n) is 4.13. The number of nitrogens with zero attached hydrogens (tertiary/aromatic N) is 3. The minimum Gasteiger partial charge on any atom is -0.297 e. The standard InChI is InChI=1S/C20H20BrN3O3/c1-20(2,3)17(25)16-15-14(13-5-4-10-22-24(13)16)18(26)23(19(15)27)12-8-6-11(21)7-9-12/h4-10,13-16H,1-3H3. The van der Waals surface area contributed by atoms with Gasteiger partial charge in [-0.2, -0.15) is 5.10 Å². The molecule has 3 heterocycles. The van der Waals surface area contributed by atoms with E-state index in [2.05, 4.69) is 21.0 Å². The molecule has 0 spiro atoms. The number of ketones is 1. The Kier molecular flexibility index (Phi) is 4.10. The molecule has 0 aliphatic carbocycles. The first-order valence-electron chi connectivity index (χ1n) is 8.88. The van der Waals surface area contributed by atoms with E-state index in [-0.39, 0.29) is 23.6 Å². The number of hydrazone groups is 1. The number of rotatable bonds is 2.